The largest absolute Gasteiger partial charge is 0.393 e. The van der Waals surface area contributed by atoms with Crippen molar-refractivity contribution in [2.75, 3.05) is 11.4 Å². The number of anilines is 1. The van der Waals surface area contributed by atoms with Gasteiger partial charge in [0.1, 0.15) is 0 Å². The average Bonchev–Trinajstić information content (AvgIpc) is 3.23. The molecule has 5 heteroatoms. The molecule has 2 N–H and O–H groups in total. The Morgan fingerprint density at radius 3 is 2.89 bits per heavy atom. The summed E-state index contributed by atoms with van der Waals surface area (Å²) in [5, 5.41) is 9.43. The summed E-state index contributed by atoms with van der Waals surface area (Å²) in [5.41, 5.74) is 7.70. The van der Waals surface area contributed by atoms with E-state index in [0.29, 0.717) is 11.0 Å². The van der Waals surface area contributed by atoms with Gasteiger partial charge in [-0.15, -0.1) is 0 Å². The van der Waals surface area contributed by atoms with Gasteiger partial charge in [0.05, 0.1) is 22.4 Å². The molecule has 3 rings (SSSR count). The molecule has 0 spiro atoms. The molecule has 4 nitrogen and oxygen atoms in total. The second-order valence-electron chi connectivity index (χ2n) is 4.89. The minimum absolute atomic E-state index is 0.567. The Kier molecular flexibility index (Phi) is 3.29. The van der Waals surface area contributed by atoms with Crippen LogP contribution in [0.3, 0.4) is 0 Å². The average molecular weight is 272 g/mol. The number of fused-ring (bicyclic) bond motifs is 1. The minimum atomic E-state index is 0.567. The van der Waals surface area contributed by atoms with Crippen LogP contribution in [0.25, 0.3) is 10.9 Å². The lowest BCUT2D eigenvalue weighted by atomic mass is 10.2. The van der Waals surface area contributed by atoms with E-state index in [4.69, 9.17) is 18.0 Å². The molecule has 0 saturated heterocycles. The molecule has 0 bridgehead atoms. The molecule has 98 valence electrons. The highest BCUT2D eigenvalue weighted by molar-refractivity contribution is 7.80. The number of benzene rings is 1. The van der Waals surface area contributed by atoms with E-state index in [-0.39, 0.29) is 0 Å². The van der Waals surface area contributed by atoms with Crippen LogP contribution in [0, 0.1) is 0 Å². The zero-order valence-electron chi connectivity index (χ0n) is 10.6. The topological polar surface area (TPSA) is 55.0 Å². The number of hydrogen-bond acceptors (Lipinski definition) is 4. The van der Waals surface area contributed by atoms with E-state index in [2.05, 4.69) is 21.2 Å². The molecule has 0 unspecified atom stereocenters. The maximum atomic E-state index is 5.63. The first kappa shape index (κ1) is 12.3. The first-order valence-electron chi connectivity index (χ1n) is 6.51. The summed E-state index contributed by atoms with van der Waals surface area (Å²) in [6, 6.07) is 8.70. The highest BCUT2D eigenvalue weighted by Gasteiger charge is 2.30. The maximum absolute atomic E-state index is 5.63. The van der Waals surface area contributed by atoms with Crippen molar-refractivity contribution in [1.29, 1.82) is 0 Å². The third kappa shape index (κ3) is 2.66. The van der Waals surface area contributed by atoms with Crippen LogP contribution < -0.4 is 10.6 Å². The fourth-order valence-corrected chi connectivity index (χ4v) is 2.43. The highest BCUT2D eigenvalue weighted by Crippen LogP contribution is 2.34. The van der Waals surface area contributed by atoms with E-state index in [9.17, 15) is 0 Å². The molecule has 0 atom stereocenters. The first-order valence-corrected chi connectivity index (χ1v) is 6.92. The molecule has 1 aliphatic carbocycles. The van der Waals surface area contributed by atoms with Crippen LogP contribution in [0.1, 0.15) is 19.3 Å². The summed E-state index contributed by atoms with van der Waals surface area (Å²) in [4.78, 5) is 2.94. The quantitative estimate of drug-likeness (QED) is 0.846. The van der Waals surface area contributed by atoms with Crippen LogP contribution >= 0.6 is 12.2 Å². The second kappa shape index (κ2) is 5.09. The van der Waals surface area contributed by atoms with Crippen molar-refractivity contribution in [3.8, 4) is 0 Å². The van der Waals surface area contributed by atoms with Gasteiger partial charge in [-0.05, 0) is 18.9 Å². The van der Waals surface area contributed by atoms with Gasteiger partial charge < -0.3 is 10.6 Å². The lowest BCUT2D eigenvalue weighted by molar-refractivity contribution is 0.800. The Balaban J connectivity index is 1.97. The molecule has 1 heterocycles. The SMILES string of the molecule is NC(=S)CCN(c1cnnc2ccccc12)C1CC1. The Morgan fingerprint density at radius 2 is 2.16 bits per heavy atom. The molecular formula is C14H16N4S. The van der Waals surface area contributed by atoms with E-state index < -0.39 is 0 Å². The number of nitrogens with two attached hydrogens (primary N) is 1. The standard InChI is InChI=1S/C14H16N4S/c15-14(19)7-8-18(10-5-6-10)13-9-16-17-12-4-2-1-3-11(12)13/h1-4,9-10H,5-8H2,(H2,15,19). The van der Waals surface area contributed by atoms with Crippen molar-refractivity contribution in [1.82, 2.24) is 10.2 Å². The highest BCUT2D eigenvalue weighted by atomic mass is 32.1. The third-order valence-corrected chi connectivity index (χ3v) is 3.63. The molecule has 1 saturated carbocycles. The lowest BCUT2D eigenvalue weighted by Gasteiger charge is -2.25. The van der Waals surface area contributed by atoms with Gasteiger partial charge in [-0.3, -0.25) is 0 Å². The van der Waals surface area contributed by atoms with Crippen LogP contribution in [-0.2, 0) is 0 Å². The van der Waals surface area contributed by atoms with Crippen molar-refractivity contribution in [2.24, 2.45) is 5.73 Å². The Bertz CT molecular complexity index is 604. The fraction of sp³-hybridized carbons (Fsp3) is 0.357. The van der Waals surface area contributed by atoms with E-state index in [1.807, 2.05) is 24.4 Å². The van der Waals surface area contributed by atoms with Crippen LogP contribution in [0.5, 0.6) is 0 Å². The Morgan fingerprint density at radius 1 is 1.37 bits per heavy atom. The summed E-state index contributed by atoms with van der Waals surface area (Å²) in [5.74, 6) is 0. The third-order valence-electron chi connectivity index (χ3n) is 3.42. The summed E-state index contributed by atoms with van der Waals surface area (Å²) in [6.07, 6.45) is 5.05. The molecule has 1 aromatic carbocycles. The van der Waals surface area contributed by atoms with Crippen molar-refractivity contribution >= 4 is 33.8 Å². The van der Waals surface area contributed by atoms with E-state index in [1.54, 1.807) is 0 Å². The van der Waals surface area contributed by atoms with E-state index in [0.717, 1.165) is 29.6 Å². The van der Waals surface area contributed by atoms with Crippen LogP contribution in [0.4, 0.5) is 5.69 Å². The summed E-state index contributed by atoms with van der Waals surface area (Å²) in [7, 11) is 0. The van der Waals surface area contributed by atoms with Gasteiger partial charge >= 0.3 is 0 Å². The predicted octanol–water partition coefficient (Wildman–Crippen LogP) is 2.27. The smallest absolute Gasteiger partial charge is 0.0950 e. The zero-order valence-corrected chi connectivity index (χ0v) is 11.4. The lowest BCUT2D eigenvalue weighted by Crippen LogP contribution is -2.29. The van der Waals surface area contributed by atoms with Crippen LogP contribution in [0.15, 0.2) is 30.5 Å². The number of hydrogen-bond donors (Lipinski definition) is 1. The molecule has 2 aromatic rings. The minimum Gasteiger partial charge on any atom is -0.393 e. The van der Waals surface area contributed by atoms with E-state index >= 15 is 0 Å². The van der Waals surface area contributed by atoms with Crippen LogP contribution in [-0.4, -0.2) is 27.8 Å². The molecule has 1 aromatic heterocycles. The van der Waals surface area contributed by atoms with Crippen molar-refractivity contribution in [3.63, 3.8) is 0 Å². The predicted molar refractivity (Wildman–Crippen MR) is 81.3 cm³/mol. The summed E-state index contributed by atoms with van der Waals surface area (Å²) >= 11 is 4.99. The molecule has 0 radical (unpaired) electrons. The van der Waals surface area contributed by atoms with E-state index in [1.165, 1.54) is 12.8 Å². The number of thiocarbonyl (C=S) groups is 1. The monoisotopic (exact) mass is 272 g/mol. The van der Waals surface area contributed by atoms with Gasteiger partial charge in [0.2, 0.25) is 0 Å². The second-order valence-corrected chi connectivity index (χ2v) is 5.41. The fourth-order valence-electron chi connectivity index (χ4n) is 2.34. The zero-order chi connectivity index (χ0) is 13.2. The maximum Gasteiger partial charge on any atom is 0.0950 e. The first-order chi connectivity index (χ1) is 9.25. The van der Waals surface area contributed by atoms with Gasteiger partial charge in [0.25, 0.3) is 0 Å². The molecule has 19 heavy (non-hydrogen) atoms. The van der Waals surface area contributed by atoms with Crippen molar-refractivity contribution in [2.45, 2.75) is 25.3 Å². The number of aromatic nitrogens is 2. The van der Waals surface area contributed by atoms with Gasteiger partial charge in [-0.1, -0.05) is 30.4 Å². The molecule has 1 aliphatic rings. The number of nitrogens with zero attached hydrogens (tertiary/aromatic N) is 3. The van der Waals surface area contributed by atoms with Crippen LogP contribution in [0.2, 0.25) is 0 Å². The van der Waals surface area contributed by atoms with Crippen molar-refractivity contribution < 1.29 is 0 Å². The Hall–Kier alpha value is -1.75. The van der Waals surface area contributed by atoms with Gasteiger partial charge in [0, 0.05) is 24.4 Å². The summed E-state index contributed by atoms with van der Waals surface area (Å²) < 4.78 is 0. The molecule has 1 fully saturated rings. The van der Waals surface area contributed by atoms with Gasteiger partial charge in [0.15, 0.2) is 0 Å². The Labute approximate surface area is 117 Å². The molecular weight excluding hydrogens is 256 g/mol. The molecule has 0 aliphatic heterocycles. The van der Waals surface area contributed by atoms with Gasteiger partial charge in [-0.25, -0.2) is 0 Å². The summed E-state index contributed by atoms with van der Waals surface area (Å²) in [6.45, 7) is 0.857. The molecule has 0 amide bonds. The van der Waals surface area contributed by atoms with Gasteiger partial charge in [-0.2, -0.15) is 10.2 Å². The normalized spacial score (nSPS) is 14.5. The number of rotatable bonds is 5. The van der Waals surface area contributed by atoms with Crippen molar-refractivity contribution in [3.05, 3.63) is 30.5 Å².